The summed E-state index contributed by atoms with van der Waals surface area (Å²) >= 11 is 0. The fourth-order valence-corrected chi connectivity index (χ4v) is 0.920. The van der Waals surface area contributed by atoms with Crippen molar-refractivity contribution in [3.63, 3.8) is 0 Å². The fraction of sp³-hybridized carbons (Fsp3) is 0.375. The molecule has 1 aromatic heterocycles. The third-order valence-electron chi connectivity index (χ3n) is 1.62. The summed E-state index contributed by atoms with van der Waals surface area (Å²) in [6.07, 6.45) is 1.33. The molecule has 1 heterocycles. The van der Waals surface area contributed by atoms with E-state index >= 15 is 0 Å². The van der Waals surface area contributed by atoms with Crippen LogP contribution in [0.3, 0.4) is 0 Å². The first-order valence-corrected chi connectivity index (χ1v) is 3.52. The van der Waals surface area contributed by atoms with Crippen LogP contribution in [-0.2, 0) is 5.92 Å². The minimum absolute atomic E-state index is 0.0741. The SMILES string of the molecule is Cc1ccnc(C(C)(F)F)c1N. The number of alkyl halides is 2. The van der Waals surface area contributed by atoms with E-state index in [4.69, 9.17) is 5.73 Å². The summed E-state index contributed by atoms with van der Waals surface area (Å²) in [7, 11) is 0. The summed E-state index contributed by atoms with van der Waals surface area (Å²) in [5.74, 6) is -2.96. The molecule has 0 aliphatic rings. The normalized spacial score (nSPS) is 11.7. The van der Waals surface area contributed by atoms with E-state index < -0.39 is 5.92 Å². The van der Waals surface area contributed by atoms with Gasteiger partial charge in [-0.05, 0) is 18.6 Å². The Morgan fingerprint density at radius 2 is 2.08 bits per heavy atom. The molecular weight excluding hydrogens is 162 g/mol. The molecular formula is C8H10F2N2. The number of anilines is 1. The van der Waals surface area contributed by atoms with Crippen LogP contribution in [0.15, 0.2) is 12.3 Å². The zero-order chi connectivity index (χ0) is 9.35. The fourth-order valence-electron chi connectivity index (χ4n) is 0.920. The van der Waals surface area contributed by atoms with Crippen molar-refractivity contribution in [3.05, 3.63) is 23.5 Å². The first kappa shape index (κ1) is 8.90. The van der Waals surface area contributed by atoms with Gasteiger partial charge in [0.25, 0.3) is 5.92 Å². The van der Waals surface area contributed by atoms with Crippen molar-refractivity contribution in [1.29, 1.82) is 0 Å². The van der Waals surface area contributed by atoms with E-state index in [0.29, 0.717) is 5.56 Å². The average Bonchev–Trinajstić information content (AvgIpc) is 1.92. The van der Waals surface area contributed by atoms with Gasteiger partial charge in [0.05, 0.1) is 5.69 Å². The van der Waals surface area contributed by atoms with Gasteiger partial charge in [-0.25, -0.2) is 0 Å². The van der Waals surface area contributed by atoms with Crippen LogP contribution < -0.4 is 5.73 Å². The highest BCUT2D eigenvalue weighted by Gasteiger charge is 2.28. The quantitative estimate of drug-likeness (QED) is 0.704. The van der Waals surface area contributed by atoms with Gasteiger partial charge in [0.1, 0.15) is 5.69 Å². The molecule has 0 aliphatic heterocycles. The van der Waals surface area contributed by atoms with E-state index in [1.807, 2.05) is 0 Å². The number of nitrogens with zero attached hydrogens (tertiary/aromatic N) is 1. The molecule has 0 atom stereocenters. The van der Waals surface area contributed by atoms with Crippen molar-refractivity contribution in [2.45, 2.75) is 19.8 Å². The summed E-state index contributed by atoms with van der Waals surface area (Å²) in [6, 6.07) is 1.60. The van der Waals surface area contributed by atoms with Gasteiger partial charge < -0.3 is 5.73 Å². The smallest absolute Gasteiger partial charge is 0.289 e. The second kappa shape index (κ2) is 2.69. The van der Waals surface area contributed by atoms with Crippen molar-refractivity contribution in [2.75, 3.05) is 5.73 Å². The van der Waals surface area contributed by atoms with E-state index in [1.54, 1.807) is 13.0 Å². The van der Waals surface area contributed by atoms with Crippen molar-refractivity contribution >= 4 is 5.69 Å². The van der Waals surface area contributed by atoms with Gasteiger partial charge in [0, 0.05) is 13.1 Å². The Kier molecular flexibility index (Phi) is 2.00. The van der Waals surface area contributed by atoms with Gasteiger partial charge in [-0.2, -0.15) is 8.78 Å². The first-order valence-electron chi connectivity index (χ1n) is 3.52. The molecule has 2 nitrogen and oxygen atoms in total. The van der Waals surface area contributed by atoms with Crippen LogP contribution in [0.2, 0.25) is 0 Å². The number of nitrogens with two attached hydrogens (primary N) is 1. The molecule has 0 aliphatic carbocycles. The third-order valence-corrected chi connectivity index (χ3v) is 1.62. The molecule has 0 saturated carbocycles. The Morgan fingerprint density at radius 1 is 1.50 bits per heavy atom. The molecule has 1 rings (SSSR count). The van der Waals surface area contributed by atoms with E-state index in [0.717, 1.165) is 6.92 Å². The van der Waals surface area contributed by atoms with E-state index in [1.165, 1.54) is 6.20 Å². The Morgan fingerprint density at radius 3 is 2.50 bits per heavy atom. The molecule has 1 aromatic rings. The lowest BCUT2D eigenvalue weighted by atomic mass is 10.1. The number of hydrogen-bond acceptors (Lipinski definition) is 2. The topological polar surface area (TPSA) is 38.9 Å². The molecule has 4 heteroatoms. The predicted octanol–water partition coefficient (Wildman–Crippen LogP) is 2.08. The summed E-state index contributed by atoms with van der Waals surface area (Å²) in [5.41, 5.74) is 5.78. The van der Waals surface area contributed by atoms with Crippen LogP contribution >= 0.6 is 0 Å². The van der Waals surface area contributed by atoms with Crippen LogP contribution in [-0.4, -0.2) is 4.98 Å². The van der Waals surface area contributed by atoms with Crippen LogP contribution in [0.25, 0.3) is 0 Å². The van der Waals surface area contributed by atoms with Gasteiger partial charge in [0.2, 0.25) is 0 Å². The molecule has 0 bridgehead atoms. The van der Waals surface area contributed by atoms with Gasteiger partial charge in [-0.1, -0.05) is 0 Å². The highest BCUT2D eigenvalue weighted by molar-refractivity contribution is 5.51. The lowest BCUT2D eigenvalue weighted by Gasteiger charge is -2.12. The summed E-state index contributed by atoms with van der Waals surface area (Å²) in [4.78, 5) is 3.54. The maximum absolute atomic E-state index is 12.8. The van der Waals surface area contributed by atoms with Gasteiger partial charge in [-0.3, -0.25) is 4.98 Å². The van der Waals surface area contributed by atoms with Crippen LogP contribution in [0.4, 0.5) is 14.5 Å². The standard InChI is InChI=1S/C8H10F2N2/c1-5-3-4-12-7(6(5)11)8(2,9)10/h3-4H,11H2,1-2H3. The van der Waals surface area contributed by atoms with E-state index in [2.05, 4.69) is 4.98 Å². The molecule has 0 amide bonds. The summed E-state index contributed by atoms with van der Waals surface area (Å²) in [5, 5.41) is 0. The van der Waals surface area contributed by atoms with Crippen LogP contribution in [0.5, 0.6) is 0 Å². The zero-order valence-corrected chi connectivity index (χ0v) is 6.94. The minimum atomic E-state index is -2.96. The average molecular weight is 172 g/mol. The lowest BCUT2D eigenvalue weighted by molar-refractivity contribution is 0.0136. The minimum Gasteiger partial charge on any atom is -0.397 e. The monoisotopic (exact) mass is 172 g/mol. The highest BCUT2D eigenvalue weighted by atomic mass is 19.3. The van der Waals surface area contributed by atoms with E-state index in [-0.39, 0.29) is 11.4 Å². The second-order valence-corrected chi connectivity index (χ2v) is 2.78. The van der Waals surface area contributed by atoms with Gasteiger partial charge >= 0.3 is 0 Å². The predicted molar refractivity (Wildman–Crippen MR) is 43.0 cm³/mol. The summed E-state index contributed by atoms with van der Waals surface area (Å²) < 4.78 is 25.5. The Balaban J connectivity index is 3.26. The molecule has 0 fully saturated rings. The van der Waals surface area contributed by atoms with Crippen molar-refractivity contribution < 1.29 is 8.78 Å². The number of halogens is 2. The van der Waals surface area contributed by atoms with Crippen LogP contribution in [0, 0.1) is 6.92 Å². The molecule has 0 aromatic carbocycles. The number of pyridine rings is 1. The van der Waals surface area contributed by atoms with Crippen molar-refractivity contribution in [2.24, 2.45) is 0 Å². The number of nitrogen functional groups attached to an aromatic ring is 1. The Labute approximate surface area is 69.4 Å². The number of aromatic nitrogens is 1. The molecule has 0 spiro atoms. The molecule has 2 N–H and O–H groups in total. The van der Waals surface area contributed by atoms with E-state index in [9.17, 15) is 8.78 Å². The van der Waals surface area contributed by atoms with Crippen LogP contribution in [0.1, 0.15) is 18.2 Å². The first-order chi connectivity index (χ1) is 5.43. The molecule has 66 valence electrons. The number of hydrogen-bond donors (Lipinski definition) is 1. The Bertz CT molecular complexity index is 292. The van der Waals surface area contributed by atoms with Gasteiger partial charge in [0.15, 0.2) is 0 Å². The maximum atomic E-state index is 12.8. The Hall–Kier alpha value is -1.19. The number of aryl methyl sites for hydroxylation is 1. The second-order valence-electron chi connectivity index (χ2n) is 2.78. The summed E-state index contributed by atoms with van der Waals surface area (Å²) in [6.45, 7) is 2.46. The lowest BCUT2D eigenvalue weighted by Crippen LogP contribution is -2.13. The largest absolute Gasteiger partial charge is 0.397 e. The van der Waals surface area contributed by atoms with Crippen molar-refractivity contribution in [3.8, 4) is 0 Å². The zero-order valence-electron chi connectivity index (χ0n) is 6.94. The maximum Gasteiger partial charge on any atom is 0.289 e. The molecule has 0 unspecified atom stereocenters. The van der Waals surface area contributed by atoms with Crippen molar-refractivity contribution in [1.82, 2.24) is 4.98 Å². The third kappa shape index (κ3) is 1.52. The molecule has 0 saturated heterocycles. The highest BCUT2D eigenvalue weighted by Crippen LogP contribution is 2.30. The van der Waals surface area contributed by atoms with Gasteiger partial charge in [-0.15, -0.1) is 0 Å². The number of rotatable bonds is 1. The molecule has 0 radical (unpaired) electrons. The molecule has 12 heavy (non-hydrogen) atoms.